The Hall–Kier alpha value is -1.06. The molecule has 0 radical (unpaired) electrons. The van der Waals surface area contributed by atoms with Gasteiger partial charge in [-0.1, -0.05) is 83.8 Å². The molecule has 1 saturated heterocycles. The molecule has 0 aliphatic carbocycles. The second-order valence-electron chi connectivity index (χ2n) is 9.00. The highest BCUT2D eigenvalue weighted by Crippen LogP contribution is 2.18. The molecule has 0 bridgehead atoms. The van der Waals surface area contributed by atoms with Crippen molar-refractivity contribution < 1.29 is 9.47 Å². The molecule has 30 heavy (non-hydrogen) atoms. The molecule has 1 heterocycles. The van der Waals surface area contributed by atoms with E-state index in [1.165, 1.54) is 76.2 Å². The van der Waals surface area contributed by atoms with Crippen LogP contribution in [0.5, 0.6) is 5.75 Å². The molecule has 3 heteroatoms. The maximum Gasteiger partial charge on any atom is 0.119 e. The first-order chi connectivity index (χ1) is 14.8. The molecule has 0 amide bonds. The second-order valence-corrected chi connectivity index (χ2v) is 9.00. The number of piperidine rings is 1. The molecule has 1 aromatic rings. The summed E-state index contributed by atoms with van der Waals surface area (Å²) in [5, 5.41) is 3.39. The number of nitrogens with one attached hydrogen (secondary N) is 1. The summed E-state index contributed by atoms with van der Waals surface area (Å²) in [5.41, 5.74) is 1.43. The molecule has 1 aliphatic rings. The van der Waals surface area contributed by atoms with E-state index < -0.39 is 0 Å². The third-order valence-electron chi connectivity index (χ3n) is 6.30. The van der Waals surface area contributed by atoms with Gasteiger partial charge in [-0.2, -0.15) is 0 Å². The van der Waals surface area contributed by atoms with E-state index in [9.17, 15) is 0 Å². The van der Waals surface area contributed by atoms with Gasteiger partial charge in [0.15, 0.2) is 0 Å². The van der Waals surface area contributed by atoms with Crippen LogP contribution in [0.4, 0.5) is 0 Å². The monoisotopic (exact) mass is 417 g/mol. The molecule has 0 spiro atoms. The minimum Gasteiger partial charge on any atom is -0.491 e. The quantitative estimate of drug-likeness (QED) is 0.275. The molecule has 0 aromatic heterocycles. The van der Waals surface area contributed by atoms with Crippen molar-refractivity contribution in [3.8, 4) is 5.75 Å². The number of rotatable bonds is 17. The van der Waals surface area contributed by atoms with Crippen LogP contribution in [0.25, 0.3) is 0 Å². The van der Waals surface area contributed by atoms with Crippen LogP contribution < -0.4 is 10.1 Å². The lowest BCUT2D eigenvalue weighted by Crippen LogP contribution is -2.36. The summed E-state index contributed by atoms with van der Waals surface area (Å²) in [4.78, 5) is 0. The summed E-state index contributed by atoms with van der Waals surface area (Å²) >= 11 is 0. The van der Waals surface area contributed by atoms with Gasteiger partial charge in [-0.05, 0) is 62.9 Å². The van der Waals surface area contributed by atoms with Gasteiger partial charge in [0.2, 0.25) is 0 Å². The Morgan fingerprint density at radius 3 is 2.03 bits per heavy atom. The first-order valence-corrected chi connectivity index (χ1v) is 12.9. The molecule has 1 aromatic carbocycles. The fourth-order valence-electron chi connectivity index (χ4n) is 4.22. The van der Waals surface area contributed by atoms with Crippen molar-refractivity contribution in [2.24, 2.45) is 0 Å². The van der Waals surface area contributed by atoms with Crippen molar-refractivity contribution in [3.05, 3.63) is 29.8 Å². The Labute approximate surface area is 186 Å². The minimum atomic E-state index is 0.194. The zero-order chi connectivity index (χ0) is 21.3. The lowest BCUT2D eigenvalue weighted by Gasteiger charge is -2.27. The van der Waals surface area contributed by atoms with Crippen LogP contribution in [0.3, 0.4) is 0 Å². The number of benzene rings is 1. The molecular formula is C27H47NO2. The minimum absolute atomic E-state index is 0.194. The highest BCUT2D eigenvalue weighted by Gasteiger charge is 2.18. The van der Waals surface area contributed by atoms with E-state index >= 15 is 0 Å². The summed E-state index contributed by atoms with van der Waals surface area (Å²) < 4.78 is 12.3. The zero-order valence-corrected chi connectivity index (χ0v) is 19.8. The van der Waals surface area contributed by atoms with E-state index in [-0.39, 0.29) is 6.10 Å². The van der Waals surface area contributed by atoms with Gasteiger partial charge in [-0.15, -0.1) is 0 Å². The SMILES string of the molecule is CCCCCCCCCCCCc1ccc(OCC(CC)OC2CCNCC2)cc1. The van der Waals surface area contributed by atoms with Crippen molar-refractivity contribution in [2.45, 2.75) is 116 Å². The van der Waals surface area contributed by atoms with Gasteiger partial charge in [-0.3, -0.25) is 0 Å². The van der Waals surface area contributed by atoms with Gasteiger partial charge >= 0.3 is 0 Å². The molecule has 172 valence electrons. The van der Waals surface area contributed by atoms with Crippen LogP contribution in [0, 0.1) is 0 Å². The molecule has 1 unspecified atom stereocenters. The highest BCUT2D eigenvalue weighted by molar-refractivity contribution is 5.27. The molecule has 0 saturated carbocycles. The van der Waals surface area contributed by atoms with Gasteiger partial charge in [0.05, 0.1) is 12.2 Å². The van der Waals surface area contributed by atoms with Crippen LogP contribution in [-0.4, -0.2) is 31.9 Å². The van der Waals surface area contributed by atoms with E-state index in [1.54, 1.807) is 0 Å². The topological polar surface area (TPSA) is 30.5 Å². The molecule has 1 atom stereocenters. The predicted octanol–water partition coefficient (Wildman–Crippen LogP) is 7.08. The fraction of sp³-hybridized carbons (Fsp3) is 0.778. The summed E-state index contributed by atoms with van der Waals surface area (Å²) in [5.74, 6) is 0.967. The van der Waals surface area contributed by atoms with Crippen LogP contribution >= 0.6 is 0 Å². The van der Waals surface area contributed by atoms with Gasteiger partial charge in [-0.25, -0.2) is 0 Å². The van der Waals surface area contributed by atoms with Crippen molar-refractivity contribution in [1.82, 2.24) is 5.32 Å². The molecule has 1 aliphatic heterocycles. The number of hydrogen-bond donors (Lipinski definition) is 1. The summed E-state index contributed by atoms with van der Waals surface area (Å²) in [6, 6.07) is 8.72. The highest BCUT2D eigenvalue weighted by atomic mass is 16.5. The van der Waals surface area contributed by atoms with Crippen LogP contribution in [0.2, 0.25) is 0 Å². The molecule has 2 rings (SSSR count). The average Bonchev–Trinajstić information content (AvgIpc) is 2.79. The van der Waals surface area contributed by atoms with Crippen LogP contribution in [-0.2, 0) is 11.2 Å². The Bertz CT molecular complexity index is 510. The lowest BCUT2D eigenvalue weighted by atomic mass is 10.0. The first kappa shape index (κ1) is 25.2. The Balaban J connectivity index is 1.52. The third kappa shape index (κ3) is 11.4. The maximum atomic E-state index is 6.24. The number of unbranched alkanes of at least 4 members (excludes halogenated alkanes) is 9. The van der Waals surface area contributed by atoms with E-state index in [4.69, 9.17) is 9.47 Å². The number of hydrogen-bond acceptors (Lipinski definition) is 3. The second kappa shape index (κ2) is 16.6. The zero-order valence-electron chi connectivity index (χ0n) is 19.8. The predicted molar refractivity (Wildman–Crippen MR) is 129 cm³/mol. The van der Waals surface area contributed by atoms with Crippen molar-refractivity contribution in [2.75, 3.05) is 19.7 Å². The fourth-order valence-corrected chi connectivity index (χ4v) is 4.22. The average molecular weight is 418 g/mol. The van der Waals surface area contributed by atoms with E-state index in [1.807, 2.05) is 0 Å². The third-order valence-corrected chi connectivity index (χ3v) is 6.30. The molecule has 1 N–H and O–H groups in total. The van der Waals surface area contributed by atoms with Crippen molar-refractivity contribution in [1.29, 1.82) is 0 Å². The van der Waals surface area contributed by atoms with Crippen LogP contribution in [0.15, 0.2) is 24.3 Å². The smallest absolute Gasteiger partial charge is 0.119 e. The van der Waals surface area contributed by atoms with Crippen molar-refractivity contribution in [3.63, 3.8) is 0 Å². The van der Waals surface area contributed by atoms with Gasteiger partial charge in [0.1, 0.15) is 12.4 Å². The molecular weight excluding hydrogens is 370 g/mol. The van der Waals surface area contributed by atoms with Crippen molar-refractivity contribution >= 4 is 0 Å². The van der Waals surface area contributed by atoms with E-state index in [2.05, 4.69) is 43.4 Å². The van der Waals surface area contributed by atoms with Gasteiger partial charge in [0, 0.05) is 0 Å². The standard InChI is InChI=1S/C27H47NO2/c1-3-5-6-7-8-9-10-11-12-13-14-24-15-17-26(18-16-24)29-23-25(4-2)30-27-19-21-28-22-20-27/h15-18,25,27-28H,3-14,19-23H2,1-2H3. The van der Waals surface area contributed by atoms with E-state index in [0.717, 1.165) is 38.1 Å². The summed E-state index contributed by atoms with van der Waals surface area (Å²) in [7, 11) is 0. The largest absolute Gasteiger partial charge is 0.491 e. The summed E-state index contributed by atoms with van der Waals surface area (Å²) in [6.07, 6.45) is 19.0. The molecule has 1 fully saturated rings. The van der Waals surface area contributed by atoms with E-state index in [0.29, 0.717) is 12.7 Å². The lowest BCUT2D eigenvalue weighted by molar-refractivity contribution is -0.0468. The number of ether oxygens (including phenoxy) is 2. The Kier molecular flexibility index (Phi) is 14.0. The Morgan fingerprint density at radius 2 is 1.43 bits per heavy atom. The van der Waals surface area contributed by atoms with Gasteiger partial charge in [0.25, 0.3) is 0 Å². The normalized spacial score (nSPS) is 15.9. The van der Waals surface area contributed by atoms with Gasteiger partial charge < -0.3 is 14.8 Å². The van der Waals surface area contributed by atoms with Crippen LogP contribution in [0.1, 0.15) is 103 Å². The number of aryl methyl sites for hydroxylation is 1. The molecule has 3 nitrogen and oxygen atoms in total. The summed E-state index contributed by atoms with van der Waals surface area (Å²) in [6.45, 7) is 7.27. The Morgan fingerprint density at radius 1 is 0.833 bits per heavy atom. The maximum absolute atomic E-state index is 6.24. The first-order valence-electron chi connectivity index (χ1n) is 12.9.